The van der Waals surface area contributed by atoms with Crippen LogP contribution in [0.1, 0.15) is 5.56 Å². The van der Waals surface area contributed by atoms with E-state index in [0.717, 1.165) is 11.0 Å². The van der Waals surface area contributed by atoms with E-state index in [0.29, 0.717) is 5.69 Å². The first kappa shape index (κ1) is 16.2. The number of carbonyl (C=O) groups is 1. The van der Waals surface area contributed by atoms with E-state index in [9.17, 15) is 18.0 Å². The van der Waals surface area contributed by atoms with Gasteiger partial charge in [0.1, 0.15) is 0 Å². The normalized spacial score (nSPS) is 11.1. The van der Waals surface area contributed by atoms with Crippen molar-refractivity contribution in [3.05, 3.63) is 54.1 Å². The number of hydrogen-bond acceptors (Lipinski definition) is 2. The van der Waals surface area contributed by atoms with Crippen molar-refractivity contribution >= 4 is 29.2 Å². The molecule has 22 heavy (non-hydrogen) atoms. The van der Waals surface area contributed by atoms with Crippen molar-refractivity contribution in [1.82, 2.24) is 0 Å². The largest absolute Gasteiger partial charge is 0.418 e. The number of nitrogens with one attached hydrogen (secondary N) is 2. The van der Waals surface area contributed by atoms with Gasteiger partial charge in [-0.15, -0.1) is 11.8 Å². The number of carbonyl (C=O) groups excluding carboxylic acids is 1. The Bertz CT molecular complexity index is 674. The van der Waals surface area contributed by atoms with Crippen molar-refractivity contribution < 1.29 is 18.0 Å². The van der Waals surface area contributed by atoms with Gasteiger partial charge in [0.15, 0.2) is 0 Å². The molecule has 0 aromatic heterocycles. The van der Waals surface area contributed by atoms with E-state index in [-0.39, 0.29) is 5.69 Å². The van der Waals surface area contributed by atoms with E-state index < -0.39 is 17.8 Å². The number of para-hydroxylation sites is 1. The van der Waals surface area contributed by atoms with Crippen LogP contribution in [-0.2, 0) is 6.18 Å². The summed E-state index contributed by atoms with van der Waals surface area (Å²) in [5, 5.41) is 4.74. The van der Waals surface area contributed by atoms with Gasteiger partial charge >= 0.3 is 12.2 Å². The number of rotatable bonds is 3. The Morgan fingerprint density at radius 1 is 1.05 bits per heavy atom. The number of benzene rings is 2. The summed E-state index contributed by atoms with van der Waals surface area (Å²) >= 11 is 1.50. The molecule has 2 rings (SSSR count). The molecule has 7 heteroatoms. The predicted octanol–water partition coefficient (Wildman–Crippen LogP) is 5.07. The number of urea groups is 1. The average Bonchev–Trinajstić information content (AvgIpc) is 2.46. The van der Waals surface area contributed by atoms with Crippen LogP contribution >= 0.6 is 11.8 Å². The number of anilines is 2. The highest BCUT2D eigenvalue weighted by molar-refractivity contribution is 7.98. The minimum absolute atomic E-state index is 0.284. The molecule has 0 atom stereocenters. The summed E-state index contributed by atoms with van der Waals surface area (Å²) < 4.78 is 38.5. The Hall–Kier alpha value is -2.15. The van der Waals surface area contributed by atoms with Gasteiger partial charge in [0.2, 0.25) is 0 Å². The first-order valence-electron chi connectivity index (χ1n) is 6.28. The fraction of sp³-hybridized carbons (Fsp3) is 0.133. The lowest BCUT2D eigenvalue weighted by atomic mass is 10.1. The molecule has 2 N–H and O–H groups in total. The van der Waals surface area contributed by atoms with Crippen LogP contribution in [0.4, 0.5) is 29.3 Å². The number of halogens is 3. The van der Waals surface area contributed by atoms with Gasteiger partial charge in [-0.25, -0.2) is 4.79 Å². The smallest absolute Gasteiger partial charge is 0.308 e. The van der Waals surface area contributed by atoms with E-state index in [4.69, 9.17) is 0 Å². The highest BCUT2D eigenvalue weighted by atomic mass is 32.2. The maximum absolute atomic E-state index is 12.8. The van der Waals surface area contributed by atoms with Crippen LogP contribution in [-0.4, -0.2) is 12.3 Å². The lowest BCUT2D eigenvalue weighted by Crippen LogP contribution is -2.21. The molecule has 0 saturated heterocycles. The molecule has 0 heterocycles. The molecule has 0 aliphatic heterocycles. The second kappa shape index (κ2) is 6.74. The molecule has 2 aromatic rings. The SMILES string of the molecule is CSc1cccc(NC(=O)Nc2ccccc2C(F)(F)F)c1. The Labute approximate surface area is 129 Å². The van der Waals surface area contributed by atoms with E-state index >= 15 is 0 Å². The second-order valence-corrected chi connectivity index (χ2v) is 5.23. The third kappa shape index (κ3) is 4.17. The van der Waals surface area contributed by atoms with Crippen LogP contribution in [0.25, 0.3) is 0 Å². The van der Waals surface area contributed by atoms with E-state index in [1.807, 2.05) is 12.3 Å². The van der Waals surface area contributed by atoms with Gasteiger partial charge in [0.05, 0.1) is 11.3 Å². The van der Waals surface area contributed by atoms with Crippen molar-refractivity contribution in [3.63, 3.8) is 0 Å². The first-order valence-corrected chi connectivity index (χ1v) is 7.51. The summed E-state index contributed by atoms with van der Waals surface area (Å²) in [5.74, 6) is 0. The third-order valence-electron chi connectivity index (χ3n) is 2.81. The van der Waals surface area contributed by atoms with Crippen LogP contribution in [0, 0.1) is 0 Å². The predicted molar refractivity (Wildman–Crippen MR) is 82.3 cm³/mol. The summed E-state index contributed by atoms with van der Waals surface area (Å²) in [6.07, 6.45) is -2.64. The maximum atomic E-state index is 12.8. The molecular formula is C15H13F3N2OS. The molecule has 116 valence electrons. The fourth-order valence-corrected chi connectivity index (χ4v) is 2.28. The third-order valence-corrected chi connectivity index (χ3v) is 3.53. The summed E-state index contributed by atoms with van der Waals surface area (Å²) in [4.78, 5) is 12.8. The molecule has 0 radical (unpaired) electrons. The summed E-state index contributed by atoms with van der Waals surface area (Å²) in [6.45, 7) is 0. The molecule has 0 aliphatic carbocycles. The number of hydrogen-bond donors (Lipinski definition) is 2. The van der Waals surface area contributed by atoms with Gasteiger partial charge in [0.25, 0.3) is 0 Å². The number of amides is 2. The van der Waals surface area contributed by atoms with Crippen LogP contribution in [0.5, 0.6) is 0 Å². The molecule has 0 aliphatic rings. The molecule has 0 unspecified atom stereocenters. The van der Waals surface area contributed by atoms with Gasteiger partial charge in [-0.2, -0.15) is 13.2 Å². The first-order chi connectivity index (χ1) is 10.4. The lowest BCUT2D eigenvalue weighted by molar-refractivity contribution is -0.136. The molecule has 0 saturated carbocycles. The van der Waals surface area contributed by atoms with E-state index in [1.165, 1.54) is 30.0 Å². The molecule has 2 aromatic carbocycles. The maximum Gasteiger partial charge on any atom is 0.418 e. The Kier molecular flexibility index (Phi) is 4.97. The van der Waals surface area contributed by atoms with Gasteiger partial charge in [-0.3, -0.25) is 0 Å². The summed E-state index contributed by atoms with van der Waals surface area (Å²) in [6, 6.07) is 11.1. The highest BCUT2D eigenvalue weighted by Gasteiger charge is 2.33. The zero-order valence-corrected chi connectivity index (χ0v) is 12.4. The second-order valence-electron chi connectivity index (χ2n) is 4.35. The zero-order valence-electron chi connectivity index (χ0n) is 11.6. The number of thioether (sulfide) groups is 1. The highest BCUT2D eigenvalue weighted by Crippen LogP contribution is 2.34. The quantitative estimate of drug-likeness (QED) is 0.773. The fourth-order valence-electron chi connectivity index (χ4n) is 1.82. The standard InChI is InChI=1S/C15H13F3N2OS/c1-22-11-6-4-5-10(9-11)19-14(21)20-13-8-3-2-7-12(13)15(16,17)18/h2-9H,1H3,(H2,19,20,21). The van der Waals surface area contributed by atoms with Crippen molar-refractivity contribution in [1.29, 1.82) is 0 Å². The summed E-state index contributed by atoms with van der Waals surface area (Å²) in [5.41, 5.74) is -0.662. The average molecular weight is 326 g/mol. The lowest BCUT2D eigenvalue weighted by Gasteiger charge is -2.14. The van der Waals surface area contributed by atoms with Crippen LogP contribution < -0.4 is 10.6 Å². The van der Waals surface area contributed by atoms with Gasteiger partial charge in [-0.1, -0.05) is 18.2 Å². The van der Waals surface area contributed by atoms with Crippen LogP contribution in [0.3, 0.4) is 0 Å². The molecule has 0 fully saturated rings. The minimum atomic E-state index is -4.53. The Morgan fingerprint density at radius 3 is 2.45 bits per heavy atom. The summed E-state index contributed by atoms with van der Waals surface area (Å²) in [7, 11) is 0. The van der Waals surface area contributed by atoms with Gasteiger partial charge in [0, 0.05) is 10.6 Å². The molecule has 3 nitrogen and oxygen atoms in total. The Balaban J connectivity index is 2.13. The minimum Gasteiger partial charge on any atom is -0.308 e. The van der Waals surface area contributed by atoms with Crippen molar-refractivity contribution in [2.75, 3.05) is 16.9 Å². The van der Waals surface area contributed by atoms with Gasteiger partial charge in [-0.05, 0) is 36.6 Å². The van der Waals surface area contributed by atoms with Crippen molar-refractivity contribution in [2.24, 2.45) is 0 Å². The molecule has 2 amide bonds. The topological polar surface area (TPSA) is 41.1 Å². The van der Waals surface area contributed by atoms with E-state index in [2.05, 4.69) is 10.6 Å². The van der Waals surface area contributed by atoms with E-state index in [1.54, 1.807) is 18.2 Å². The molecule has 0 spiro atoms. The van der Waals surface area contributed by atoms with Crippen molar-refractivity contribution in [3.8, 4) is 0 Å². The van der Waals surface area contributed by atoms with Crippen molar-refractivity contribution in [2.45, 2.75) is 11.1 Å². The monoisotopic (exact) mass is 326 g/mol. The zero-order chi connectivity index (χ0) is 16.2. The van der Waals surface area contributed by atoms with Gasteiger partial charge < -0.3 is 10.6 Å². The number of alkyl halides is 3. The molecular weight excluding hydrogens is 313 g/mol. The van der Waals surface area contributed by atoms with Crippen LogP contribution in [0.15, 0.2) is 53.4 Å². The Morgan fingerprint density at radius 2 is 1.77 bits per heavy atom. The van der Waals surface area contributed by atoms with Crippen LogP contribution in [0.2, 0.25) is 0 Å². The molecule has 0 bridgehead atoms.